The molecule has 0 aromatic heterocycles. The Bertz CT molecular complexity index is 469. The maximum atomic E-state index is 6.17. The summed E-state index contributed by atoms with van der Waals surface area (Å²) in [6.45, 7) is 3.92. The van der Waals surface area contributed by atoms with E-state index in [4.69, 9.17) is 10.5 Å². The molecule has 2 aliphatic rings. The summed E-state index contributed by atoms with van der Waals surface area (Å²) >= 11 is 0. The van der Waals surface area contributed by atoms with E-state index in [1.807, 2.05) is 0 Å². The summed E-state index contributed by atoms with van der Waals surface area (Å²) < 4.78 is 6.17. The van der Waals surface area contributed by atoms with E-state index < -0.39 is 0 Å². The third-order valence-electron chi connectivity index (χ3n) is 4.62. The first-order valence-electron chi connectivity index (χ1n) is 7.55. The van der Waals surface area contributed by atoms with Gasteiger partial charge in [-0.25, -0.2) is 0 Å². The van der Waals surface area contributed by atoms with Crippen molar-refractivity contribution in [3.05, 3.63) is 29.3 Å². The molecular formula is C16H25N3O. The van der Waals surface area contributed by atoms with Gasteiger partial charge in [0, 0.05) is 32.2 Å². The van der Waals surface area contributed by atoms with Gasteiger partial charge in [0.15, 0.2) is 0 Å². The number of piperidine rings is 1. The van der Waals surface area contributed by atoms with Crippen LogP contribution in [0.25, 0.3) is 0 Å². The smallest absolute Gasteiger partial charge is 0.120 e. The Balaban J connectivity index is 1.71. The first-order chi connectivity index (χ1) is 9.67. The molecule has 0 saturated carbocycles. The highest BCUT2D eigenvalue weighted by Crippen LogP contribution is 2.34. The Labute approximate surface area is 121 Å². The van der Waals surface area contributed by atoms with Gasteiger partial charge in [0.05, 0.1) is 0 Å². The summed E-state index contributed by atoms with van der Waals surface area (Å²) in [6, 6.07) is 6.86. The van der Waals surface area contributed by atoms with Gasteiger partial charge in [-0.2, -0.15) is 0 Å². The minimum absolute atomic E-state index is 0.339. The number of hydrogen-bond acceptors (Lipinski definition) is 4. The fraction of sp³-hybridized carbons (Fsp3) is 0.625. The molecule has 20 heavy (non-hydrogen) atoms. The van der Waals surface area contributed by atoms with Crippen LogP contribution in [-0.2, 0) is 6.54 Å². The first-order valence-corrected chi connectivity index (χ1v) is 7.55. The normalized spacial score (nSPS) is 24.9. The summed E-state index contributed by atoms with van der Waals surface area (Å²) in [4.78, 5) is 4.67. The summed E-state index contributed by atoms with van der Waals surface area (Å²) in [5, 5.41) is 0. The van der Waals surface area contributed by atoms with Crippen molar-refractivity contribution in [3.8, 4) is 5.75 Å². The second-order valence-electron chi connectivity index (χ2n) is 6.15. The average Bonchev–Trinajstić information content (AvgIpc) is 2.76. The largest absolute Gasteiger partial charge is 0.490 e. The van der Waals surface area contributed by atoms with Crippen molar-refractivity contribution < 1.29 is 4.74 Å². The quantitative estimate of drug-likeness (QED) is 0.910. The zero-order valence-electron chi connectivity index (χ0n) is 12.5. The van der Waals surface area contributed by atoms with Crippen LogP contribution in [-0.4, -0.2) is 49.6 Å². The SMILES string of the molecule is CN1CCC(Oc2ccc3c(c2)C(CN)N(C)C3)CC1. The van der Waals surface area contributed by atoms with Gasteiger partial charge >= 0.3 is 0 Å². The predicted molar refractivity (Wildman–Crippen MR) is 80.9 cm³/mol. The highest BCUT2D eigenvalue weighted by Gasteiger charge is 2.27. The van der Waals surface area contributed by atoms with Crippen LogP contribution in [0.2, 0.25) is 0 Å². The van der Waals surface area contributed by atoms with E-state index in [1.165, 1.54) is 11.1 Å². The Hall–Kier alpha value is -1.10. The monoisotopic (exact) mass is 275 g/mol. The topological polar surface area (TPSA) is 41.7 Å². The van der Waals surface area contributed by atoms with Crippen LogP contribution in [0.15, 0.2) is 18.2 Å². The third-order valence-corrected chi connectivity index (χ3v) is 4.62. The molecule has 0 radical (unpaired) electrons. The molecule has 0 bridgehead atoms. The molecule has 1 fully saturated rings. The molecule has 2 N–H and O–H groups in total. The zero-order valence-corrected chi connectivity index (χ0v) is 12.5. The van der Waals surface area contributed by atoms with E-state index in [-0.39, 0.29) is 0 Å². The molecule has 2 heterocycles. The lowest BCUT2D eigenvalue weighted by Crippen LogP contribution is -2.35. The maximum Gasteiger partial charge on any atom is 0.120 e. The van der Waals surface area contributed by atoms with Crippen LogP contribution in [0, 0.1) is 0 Å². The molecule has 2 aliphatic heterocycles. The number of fused-ring (bicyclic) bond motifs is 1. The number of nitrogens with zero attached hydrogens (tertiary/aromatic N) is 2. The van der Waals surface area contributed by atoms with Crippen molar-refractivity contribution in [3.63, 3.8) is 0 Å². The number of benzene rings is 1. The molecule has 4 nitrogen and oxygen atoms in total. The van der Waals surface area contributed by atoms with Crippen molar-refractivity contribution in [2.24, 2.45) is 5.73 Å². The van der Waals surface area contributed by atoms with E-state index in [0.29, 0.717) is 18.7 Å². The number of likely N-dealkylation sites (tertiary alicyclic amines) is 1. The van der Waals surface area contributed by atoms with Crippen LogP contribution in [0.5, 0.6) is 5.75 Å². The highest BCUT2D eigenvalue weighted by molar-refractivity contribution is 5.40. The molecule has 0 amide bonds. The van der Waals surface area contributed by atoms with Gasteiger partial charge in [-0.05, 0) is 50.2 Å². The van der Waals surface area contributed by atoms with E-state index in [0.717, 1.165) is 38.2 Å². The standard InChI is InChI=1S/C16H25N3O/c1-18-7-5-13(6-8-18)20-14-4-3-12-11-19(2)16(10-17)15(12)9-14/h3-4,9,13,16H,5-8,10-11,17H2,1-2H3. The van der Waals surface area contributed by atoms with Crippen molar-refractivity contribution in [2.45, 2.75) is 31.5 Å². The minimum atomic E-state index is 0.339. The van der Waals surface area contributed by atoms with Gasteiger partial charge in [-0.1, -0.05) is 6.07 Å². The molecule has 1 unspecified atom stereocenters. The summed E-state index contributed by atoms with van der Waals surface area (Å²) in [7, 11) is 4.31. The van der Waals surface area contributed by atoms with Crippen molar-refractivity contribution in [2.75, 3.05) is 33.7 Å². The molecule has 110 valence electrons. The third kappa shape index (κ3) is 2.68. The van der Waals surface area contributed by atoms with Gasteiger partial charge in [0.1, 0.15) is 11.9 Å². The molecule has 3 rings (SSSR count). The van der Waals surface area contributed by atoms with Gasteiger partial charge in [-0.3, -0.25) is 4.90 Å². The van der Waals surface area contributed by atoms with Crippen LogP contribution in [0.4, 0.5) is 0 Å². The van der Waals surface area contributed by atoms with Gasteiger partial charge in [0.25, 0.3) is 0 Å². The molecule has 4 heteroatoms. The molecule has 0 aliphatic carbocycles. The van der Waals surface area contributed by atoms with Crippen LogP contribution < -0.4 is 10.5 Å². The Morgan fingerprint density at radius 3 is 2.70 bits per heavy atom. The molecule has 1 aromatic rings. The predicted octanol–water partition coefficient (Wildman–Crippen LogP) is 1.60. The second kappa shape index (κ2) is 5.72. The molecular weight excluding hydrogens is 250 g/mol. The number of likely N-dealkylation sites (N-methyl/N-ethyl adjacent to an activating group) is 1. The highest BCUT2D eigenvalue weighted by atomic mass is 16.5. The number of ether oxygens (including phenoxy) is 1. The number of rotatable bonds is 3. The minimum Gasteiger partial charge on any atom is -0.490 e. The zero-order chi connectivity index (χ0) is 14.1. The van der Waals surface area contributed by atoms with Crippen LogP contribution in [0.1, 0.15) is 30.0 Å². The lowest BCUT2D eigenvalue weighted by atomic mass is 10.0. The lowest BCUT2D eigenvalue weighted by Gasteiger charge is -2.29. The number of hydrogen-bond donors (Lipinski definition) is 1. The first kappa shape index (κ1) is 13.9. The molecule has 1 atom stereocenters. The summed E-state index contributed by atoms with van der Waals surface area (Å²) in [5.74, 6) is 1.01. The Kier molecular flexibility index (Phi) is 3.96. The second-order valence-corrected chi connectivity index (χ2v) is 6.15. The lowest BCUT2D eigenvalue weighted by molar-refractivity contribution is 0.114. The van der Waals surface area contributed by atoms with Gasteiger partial charge in [0.2, 0.25) is 0 Å². The Morgan fingerprint density at radius 1 is 1.25 bits per heavy atom. The maximum absolute atomic E-state index is 6.17. The number of nitrogens with two attached hydrogens (primary N) is 1. The van der Waals surface area contributed by atoms with Crippen LogP contribution >= 0.6 is 0 Å². The van der Waals surface area contributed by atoms with Gasteiger partial charge in [-0.15, -0.1) is 0 Å². The summed E-state index contributed by atoms with van der Waals surface area (Å²) in [6.07, 6.45) is 2.60. The van der Waals surface area contributed by atoms with Crippen molar-refractivity contribution in [1.82, 2.24) is 9.80 Å². The van der Waals surface area contributed by atoms with E-state index in [1.54, 1.807) is 0 Å². The molecule has 1 aromatic carbocycles. The van der Waals surface area contributed by atoms with E-state index in [9.17, 15) is 0 Å². The van der Waals surface area contributed by atoms with Gasteiger partial charge < -0.3 is 15.4 Å². The van der Waals surface area contributed by atoms with E-state index >= 15 is 0 Å². The summed E-state index contributed by atoms with van der Waals surface area (Å²) in [5.41, 5.74) is 8.64. The molecule has 1 saturated heterocycles. The van der Waals surface area contributed by atoms with Crippen LogP contribution in [0.3, 0.4) is 0 Å². The van der Waals surface area contributed by atoms with Crippen molar-refractivity contribution >= 4 is 0 Å². The molecule has 0 spiro atoms. The average molecular weight is 275 g/mol. The Morgan fingerprint density at radius 2 is 2.00 bits per heavy atom. The van der Waals surface area contributed by atoms with E-state index in [2.05, 4.69) is 42.1 Å². The fourth-order valence-corrected chi connectivity index (χ4v) is 3.32. The fourth-order valence-electron chi connectivity index (χ4n) is 3.32. The van der Waals surface area contributed by atoms with Crippen molar-refractivity contribution in [1.29, 1.82) is 0 Å².